The summed E-state index contributed by atoms with van der Waals surface area (Å²) in [6.45, 7) is 10.2. The molecule has 0 heterocycles. The number of carbonyl (C=O) groups excluding carboxylic acids is 1. The zero-order valence-electron chi connectivity index (χ0n) is 12.7. The van der Waals surface area contributed by atoms with Crippen LogP contribution in [-0.2, 0) is 4.74 Å². The van der Waals surface area contributed by atoms with Crippen molar-refractivity contribution in [2.24, 2.45) is 0 Å². The summed E-state index contributed by atoms with van der Waals surface area (Å²) in [6.07, 6.45) is 0. The number of rotatable bonds is 7. The summed E-state index contributed by atoms with van der Waals surface area (Å²) in [6, 6.07) is 5.78. The van der Waals surface area contributed by atoms with Gasteiger partial charge in [0.05, 0.1) is 12.6 Å². The van der Waals surface area contributed by atoms with Gasteiger partial charge in [0.1, 0.15) is 0 Å². The van der Waals surface area contributed by atoms with Crippen LogP contribution in [0, 0.1) is 13.8 Å². The van der Waals surface area contributed by atoms with Crippen molar-refractivity contribution >= 4 is 5.78 Å². The zero-order chi connectivity index (χ0) is 14.4. The van der Waals surface area contributed by atoms with Gasteiger partial charge >= 0.3 is 0 Å². The second-order valence-electron chi connectivity index (χ2n) is 5.02. The Morgan fingerprint density at radius 2 is 2.00 bits per heavy atom. The molecule has 0 bridgehead atoms. The number of likely N-dealkylation sites (N-methyl/N-ethyl adjacent to an activating group) is 1. The maximum atomic E-state index is 12.4. The lowest BCUT2D eigenvalue weighted by molar-refractivity contribution is 0.0788. The van der Waals surface area contributed by atoms with Gasteiger partial charge in [-0.2, -0.15) is 0 Å². The van der Waals surface area contributed by atoms with E-state index in [4.69, 9.17) is 4.74 Å². The van der Waals surface area contributed by atoms with E-state index in [1.165, 1.54) is 5.56 Å². The van der Waals surface area contributed by atoms with Crippen LogP contribution in [0.4, 0.5) is 0 Å². The molecular weight excluding hydrogens is 238 g/mol. The molecule has 0 aliphatic rings. The Balaban J connectivity index is 2.67. The van der Waals surface area contributed by atoms with E-state index in [0.29, 0.717) is 13.2 Å². The monoisotopic (exact) mass is 263 g/mol. The largest absolute Gasteiger partial charge is 0.380 e. The molecule has 0 saturated heterocycles. The van der Waals surface area contributed by atoms with Crippen LogP contribution in [-0.4, -0.2) is 43.5 Å². The lowest BCUT2D eigenvalue weighted by atomic mass is 10.00. The zero-order valence-corrected chi connectivity index (χ0v) is 12.7. The molecule has 0 aliphatic heterocycles. The molecule has 3 heteroatoms. The minimum atomic E-state index is -0.123. The second kappa shape index (κ2) is 7.41. The molecule has 0 amide bonds. The van der Waals surface area contributed by atoms with Gasteiger partial charge in [-0.25, -0.2) is 0 Å². The van der Waals surface area contributed by atoms with Gasteiger partial charge in [0, 0.05) is 18.7 Å². The van der Waals surface area contributed by atoms with Crippen LogP contribution >= 0.6 is 0 Å². The van der Waals surface area contributed by atoms with Gasteiger partial charge in [-0.1, -0.05) is 12.1 Å². The number of carbonyl (C=O) groups is 1. The Bertz CT molecular complexity index is 429. The number of nitrogens with zero attached hydrogens (tertiary/aromatic N) is 1. The summed E-state index contributed by atoms with van der Waals surface area (Å²) in [5, 5.41) is 0. The number of benzene rings is 1. The van der Waals surface area contributed by atoms with Gasteiger partial charge in [-0.15, -0.1) is 0 Å². The minimum Gasteiger partial charge on any atom is -0.380 e. The Morgan fingerprint density at radius 1 is 1.32 bits per heavy atom. The van der Waals surface area contributed by atoms with Gasteiger partial charge in [0.15, 0.2) is 5.78 Å². The average Bonchev–Trinajstić information content (AvgIpc) is 2.40. The molecule has 0 fully saturated rings. The molecule has 1 rings (SSSR count). The molecule has 3 nitrogen and oxygen atoms in total. The first-order valence-electron chi connectivity index (χ1n) is 6.86. The molecule has 0 spiro atoms. The molecule has 0 aliphatic carbocycles. The number of ether oxygens (including phenoxy) is 1. The highest BCUT2D eigenvalue weighted by Gasteiger charge is 2.19. The predicted octanol–water partition coefficient (Wildman–Crippen LogP) is 2.84. The van der Waals surface area contributed by atoms with Gasteiger partial charge in [0.2, 0.25) is 0 Å². The lowest BCUT2D eigenvalue weighted by Crippen LogP contribution is -2.38. The quantitative estimate of drug-likeness (QED) is 0.559. The maximum Gasteiger partial charge on any atom is 0.179 e. The molecule has 19 heavy (non-hydrogen) atoms. The van der Waals surface area contributed by atoms with Crippen molar-refractivity contribution in [2.75, 3.05) is 26.8 Å². The Morgan fingerprint density at radius 3 is 2.58 bits per heavy atom. The lowest BCUT2D eigenvalue weighted by Gasteiger charge is -2.23. The van der Waals surface area contributed by atoms with E-state index in [-0.39, 0.29) is 11.8 Å². The number of hydrogen-bond donors (Lipinski definition) is 0. The number of ketones is 1. The van der Waals surface area contributed by atoms with Crippen LogP contribution in [0.25, 0.3) is 0 Å². The summed E-state index contributed by atoms with van der Waals surface area (Å²) in [7, 11) is 1.96. The summed E-state index contributed by atoms with van der Waals surface area (Å²) in [5.41, 5.74) is 3.17. The van der Waals surface area contributed by atoms with Crippen molar-refractivity contribution in [3.8, 4) is 0 Å². The summed E-state index contributed by atoms with van der Waals surface area (Å²) in [5.74, 6) is 0.169. The van der Waals surface area contributed by atoms with Gasteiger partial charge < -0.3 is 4.74 Å². The summed E-state index contributed by atoms with van der Waals surface area (Å²) >= 11 is 0. The van der Waals surface area contributed by atoms with E-state index in [1.807, 2.05) is 50.9 Å². The fourth-order valence-corrected chi connectivity index (χ4v) is 1.88. The van der Waals surface area contributed by atoms with Crippen molar-refractivity contribution in [1.82, 2.24) is 4.90 Å². The van der Waals surface area contributed by atoms with Crippen molar-refractivity contribution in [2.45, 2.75) is 33.7 Å². The predicted molar refractivity (Wildman–Crippen MR) is 78.8 cm³/mol. The van der Waals surface area contributed by atoms with Crippen LogP contribution in [0.15, 0.2) is 18.2 Å². The molecule has 0 N–H and O–H groups in total. The van der Waals surface area contributed by atoms with E-state index in [2.05, 4.69) is 6.92 Å². The number of aryl methyl sites for hydroxylation is 2. The Kier molecular flexibility index (Phi) is 6.19. The summed E-state index contributed by atoms with van der Waals surface area (Å²) < 4.78 is 5.32. The van der Waals surface area contributed by atoms with Crippen LogP contribution in [0.3, 0.4) is 0 Å². The molecule has 1 aromatic rings. The van der Waals surface area contributed by atoms with Crippen LogP contribution in [0.2, 0.25) is 0 Å². The maximum absolute atomic E-state index is 12.4. The highest BCUT2D eigenvalue weighted by molar-refractivity contribution is 6.00. The highest BCUT2D eigenvalue weighted by atomic mass is 16.5. The van der Waals surface area contributed by atoms with Crippen LogP contribution in [0.5, 0.6) is 0 Å². The summed E-state index contributed by atoms with van der Waals surface area (Å²) in [4.78, 5) is 14.4. The first-order chi connectivity index (χ1) is 8.97. The van der Waals surface area contributed by atoms with Crippen molar-refractivity contribution in [1.29, 1.82) is 0 Å². The van der Waals surface area contributed by atoms with E-state index >= 15 is 0 Å². The minimum absolute atomic E-state index is 0.123. The molecule has 106 valence electrons. The number of hydrogen-bond acceptors (Lipinski definition) is 3. The number of Topliss-reactive ketones (excluding diaryl/α,β-unsaturated/α-hetero) is 1. The SMILES string of the molecule is CCOCCN(C)C(C)C(=O)c1ccc(C)c(C)c1. The smallest absolute Gasteiger partial charge is 0.179 e. The van der Waals surface area contributed by atoms with Crippen LogP contribution in [0.1, 0.15) is 35.3 Å². The standard InChI is InChI=1S/C16H25NO2/c1-6-19-10-9-17(5)14(4)16(18)15-8-7-12(2)13(3)11-15/h7-8,11,14H,6,9-10H2,1-5H3. The van der Waals surface area contributed by atoms with E-state index < -0.39 is 0 Å². The molecule has 1 unspecified atom stereocenters. The van der Waals surface area contributed by atoms with Gasteiger partial charge in [-0.05, 0) is 51.9 Å². The van der Waals surface area contributed by atoms with Crippen molar-refractivity contribution in [3.63, 3.8) is 0 Å². The second-order valence-corrected chi connectivity index (χ2v) is 5.02. The Hall–Kier alpha value is -1.19. The molecule has 1 aromatic carbocycles. The van der Waals surface area contributed by atoms with Crippen LogP contribution < -0.4 is 0 Å². The van der Waals surface area contributed by atoms with Gasteiger partial charge in [-0.3, -0.25) is 9.69 Å². The van der Waals surface area contributed by atoms with E-state index in [9.17, 15) is 4.79 Å². The average molecular weight is 263 g/mol. The highest BCUT2D eigenvalue weighted by Crippen LogP contribution is 2.13. The molecular formula is C16H25NO2. The fourth-order valence-electron chi connectivity index (χ4n) is 1.88. The molecule has 0 radical (unpaired) electrons. The molecule has 1 atom stereocenters. The van der Waals surface area contributed by atoms with E-state index in [0.717, 1.165) is 17.7 Å². The van der Waals surface area contributed by atoms with Gasteiger partial charge in [0.25, 0.3) is 0 Å². The van der Waals surface area contributed by atoms with Crippen molar-refractivity contribution < 1.29 is 9.53 Å². The van der Waals surface area contributed by atoms with E-state index in [1.54, 1.807) is 0 Å². The third kappa shape index (κ3) is 4.44. The molecule has 0 saturated carbocycles. The topological polar surface area (TPSA) is 29.5 Å². The molecule has 0 aromatic heterocycles. The normalized spacial score (nSPS) is 12.7. The first-order valence-corrected chi connectivity index (χ1v) is 6.86. The van der Waals surface area contributed by atoms with Crippen molar-refractivity contribution in [3.05, 3.63) is 34.9 Å². The first kappa shape index (κ1) is 15.9. The Labute approximate surface area is 116 Å². The fraction of sp³-hybridized carbons (Fsp3) is 0.562. The third-order valence-electron chi connectivity index (χ3n) is 3.62. The third-order valence-corrected chi connectivity index (χ3v) is 3.62.